The lowest BCUT2D eigenvalue weighted by molar-refractivity contribution is -0.117. The van der Waals surface area contributed by atoms with Crippen LogP contribution in [0.4, 0.5) is 10.7 Å². The van der Waals surface area contributed by atoms with Crippen molar-refractivity contribution < 1.29 is 14.3 Å². The Morgan fingerprint density at radius 3 is 2.52 bits per heavy atom. The van der Waals surface area contributed by atoms with E-state index in [1.165, 1.54) is 11.3 Å². The maximum Gasteiger partial charge on any atom is 0.341 e. The zero-order valence-electron chi connectivity index (χ0n) is 18.4. The van der Waals surface area contributed by atoms with E-state index >= 15 is 0 Å². The van der Waals surface area contributed by atoms with Crippen molar-refractivity contribution in [2.75, 3.05) is 49.5 Å². The highest BCUT2D eigenvalue weighted by Crippen LogP contribution is 2.36. The summed E-state index contributed by atoms with van der Waals surface area (Å²) in [4.78, 5) is 29.9. The number of benzene rings is 2. The van der Waals surface area contributed by atoms with E-state index in [1.54, 1.807) is 6.92 Å². The average Bonchev–Trinajstić information content (AvgIpc) is 3.24. The summed E-state index contributed by atoms with van der Waals surface area (Å²) in [5, 5.41) is 6.08. The molecule has 1 aliphatic rings. The second kappa shape index (κ2) is 10.8. The van der Waals surface area contributed by atoms with Gasteiger partial charge in [-0.2, -0.15) is 0 Å². The Balaban J connectivity index is 1.40. The van der Waals surface area contributed by atoms with Crippen LogP contribution in [0.1, 0.15) is 17.3 Å². The molecular weight excluding hydrogens is 458 g/mol. The quantitative estimate of drug-likeness (QED) is 0.479. The van der Waals surface area contributed by atoms with Crippen molar-refractivity contribution in [3.05, 3.63) is 70.6 Å². The normalized spacial score (nSPS) is 14.2. The van der Waals surface area contributed by atoms with Crippen molar-refractivity contribution in [3.63, 3.8) is 0 Å². The first-order valence-electron chi connectivity index (χ1n) is 10.9. The van der Waals surface area contributed by atoms with Crippen molar-refractivity contribution in [3.8, 4) is 11.1 Å². The molecule has 0 bridgehead atoms. The number of anilines is 2. The number of piperazine rings is 1. The highest BCUT2D eigenvalue weighted by Gasteiger charge is 2.24. The zero-order valence-corrected chi connectivity index (χ0v) is 20.0. The van der Waals surface area contributed by atoms with Gasteiger partial charge < -0.3 is 15.0 Å². The summed E-state index contributed by atoms with van der Waals surface area (Å²) in [5.74, 6) is -0.568. The minimum absolute atomic E-state index is 0.141. The number of carbonyl (C=O) groups is 2. The number of hydrogen-bond acceptors (Lipinski definition) is 6. The standard InChI is InChI=1S/C25H26ClN3O3S/c1-2-32-25(31)23-21(18-7-4-3-5-8-18)17-33-24(23)27-22(30)16-28-11-13-29(14-12-28)20-10-6-9-19(26)15-20/h3-10,15,17H,2,11-14,16H2,1H3,(H,27,30). The largest absolute Gasteiger partial charge is 0.462 e. The smallest absolute Gasteiger partial charge is 0.341 e. The first-order chi connectivity index (χ1) is 16.0. The van der Waals surface area contributed by atoms with Crippen LogP contribution in [-0.2, 0) is 9.53 Å². The number of halogens is 1. The van der Waals surface area contributed by atoms with Crippen molar-refractivity contribution >= 4 is 45.5 Å². The van der Waals surface area contributed by atoms with Gasteiger partial charge in [0.05, 0.1) is 13.2 Å². The topological polar surface area (TPSA) is 61.9 Å². The van der Waals surface area contributed by atoms with Gasteiger partial charge in [-0.05, 0) is 30.7 Å². The summed E-state index contributed by atoms with van der Waals surface area (Å²) in [6, 6.07) is 17.5. The summed E-state index contributed by atoms with van der Waals surface area (Å²) in [6.07, 6.45) is 0. The Hall–Kier alpha value is -2.87. The van der Waals surface area contributed by atoms with Crippen LogP contribution in [0.2, 0.25) is 5.02 Å². The summed E-state index contributed by atoms with van der Waals surface area (Å²) < 4.78 is 5.27. The molecular formula is C25H26ClN3O3S. The van der Waals surface area contributed by atoms with Crippen molar-refractivity contribution in [2.24, 2.45) is 0 Å². The molecule has 172 valence electrons. The predicted octanol–water partition coefficient (Wildman–Crippen LogP) is 5.01. The van der Waals surface area contributed by atoms with Crippen LogP contribution in [0, 0.1) is 0 Å². The lowest BCUT2D eigenvalue weighted by atomic mass is 10.0. The molecule has 1 saturated heterocycles. The van der Waals surface area contributed by atoms with E-state index in [-0.39, 0.29) is 19.1 Å². The summed E-state index contributed by atoms with van der Waals surface area (Å²) in [7, 11) is 0. The molecule has 0 spiro atoms. The zero-order chi connectivity index (χ0) is 23.2. The molecule has 6 nitrogen and oxygen atoms in total. The lowest BCUT2D eigenvalue weighted by Crippen LogP contribution is -2.48. The van der Waals surface area contributed by atoms with Crippen molar-refractivity contribution in [1.29, 1.82) is 0 Å². The fourth-order valence-corrected chi connectivity index (χ4v) is 5.05. The molecule has 0 unspecified atom stereocenters. The van der Waals surface area contributed by atoms with Gasteiger partial charge in [-0.3, -0.25) is 9.69 Å². The molecule has 3 aromatic rings. The van der Waals surface area contributed by atoms with Gasteiger partial charge in [0.15, 0.2) is 0 Å². The fraction of sp³-hybridized carbons (Fsp3) is 0.280. The Bertz CT molecular complexity index is 1110. The number of nitrogens with zero attached hydrogens (tertiary/aromatic N) is 2. The van der Waals surface area contributed by atoms with E-state index in [4.69, 9.17) is 16.3 Å². The molecule has 2 aromatic carbocycles. The molecule has 2 heterocycles. The maximum absolute atomic E-state index is 12.8. The molecule has 1 aliphatic heterocycles. The molecule has 1 aromatic heterocycles. The third-order valence-electron chi connectivity index (χ3n) is 5.52. The molecule has 1 fully saturated rings. The predicted molar refractivity (Wildman–Crippen MR) is 134 cm³/mol. The van der Waals surface area contributed by atoms with Crippen LogP contribution in [0.5, 0.6) is 0 Å². The van der Waals surface area contributed by atoms with Gasteiger partial charge in [-0.15, -0.1) is 11.3 Å². The highest BCUT2D eigenvalue weighted by atomic mass is 35.5. The van der Waals surface area contributed by atoms with Crippen LogP contribution in [0.3, 0.4) is 0 Å². The molecule has 8 heteroatoms. The van der Waals surface area contributed by atoms with Gasteiger partial charge in [0.1, 0.15) is 10.6 Å². The first-order valence-corrected chi connectivity index (χ1v) is 12.2. The molecule has 1 N–H and O–H groups in total. The van der Waals surface area contributed by atoms with Crippen LogP contribution in [0.15, 0.2) is 60.0 Å². The molecule has 0 saturated carbocycles. The van der Waals surface area contributed by atoms with Crippen molar-refractivity contribution in [2.45, 2.75) is 6.92 Å². The third kappa shape index (κ3) is 5.74. The van der Waals surface area contributed by atoms with E-state index in [2.05, 4.69) is 15.1 Å². The van der Waals surface area contributed by atoms with Gasteiger partial charge in [-0.1, -0.05) is 48.0 Å². The number of ether oxygens (including phenoxy) is 1. The monoisotopic (exact) mass is 483 g/mol. The number of hydrogen-bond donors (Lipinski definition) is 1. The average molecular weight is 484 g/mol. The van der Waals surface area contributed by atoms with Gasteiger partial charge in [0.25, 0.3) is 0 Å². The Kier molecular flexibility index (Phi) is 7.65. The van der Waals surface area contributed by atoms with E-state index < -0.39 is 5.97 Å². The van der Waals surface area contributed by atoms with Crippen LogP contribution in [0.25, 0.3) is 11.1 Å². The molecule has 4 rings (SSSR count). The molecule has 33 heavy (non-hydrogen) atoms. The van der Waals surface area contributed by atoms with Gasteiger partial charge in [0.2, 0.25) is 5.91 Å². The Morgan fingerprint density at radius 1 is 1.06 bits per heavy atom. The molecule has 0 aliphatic carbocycles. The van der Waals surface area contributed by atoms with Crippen LogP contribution in [-0.4, -0.2) is 56.1 Å². The number of esters is 1. The number of carbonyl (C=O) groups excluding carboxylic acids is 2. The van der Waals surface area contributed by atoms with Crippen LogP contribution >= 0.6 is 22.9 Å². The number of thiophene rings is 1. The third-order valence-corrected chi connectivity index (χ3v) is 6.65. The lowest BCUT2D eigenvalue weighted by Gasteiger charge is -2.35. The van der Waals surface area contributed by atoms with Gasteiger partial charge >= 0.3 is 5.97 Å². The van der Waals surface area contributed by atoms with E-state index in [0.29, 0.717) is 10.6 Å². The summed E-state index contributed by atoms with van der Waals surface area (Å²) in [6.45, 7) is 5.48. The second-order valence-electron chi connectivity index (χ2n) is 7.73. The minimum atomic E-state index is -0.428. The summed E-state index contributed by atoms with van der Waals surface area (Å²) >= 11 is 7.45. The molecule has 1 amide bonds. The van der Waals surface area contributed by atoms with E-state index in [9.17, 15) is 9.59 Å². The van der Waals surface area contributed by atoms with Crippen molar-refractivity contribution in [1.82, 2.24) is 4.90 Å². The number of nitrogens with one attached hydrogen (secondary N) is 1. The van der Waals surface area contributed by atoms with Gasteiger partial charge in [0, 0.05) is 47.8 Å². The van der Waals surface area contributed by atoms with E-state index in [1.807, 2.05) is 60.0 Å². The second-order valence-corrected chi connectivity index (χ2v) is 9.05. The Labute approximate surface area is 202 Å². The molecule has 0 radical (unpaired) electrons. The number of rotatable bonds is 7. The van der Waals surface area contributed by atoms with E-state index in [0.717, 1.165) is 48.0 Å². The Morgan fingerprint density at radius 2 is 1.82 bits per heavy atom. The summed E-state index contributed by atoms with van der Waals surface area (Å²) in [5.41, 5.74) is 3.18. The molecule has 0 atom stereocenters. The highest BCUT2D eigenvalue weighted by molar-refractivity contribution is 7.15. The van der Waals surface area contributed by atoms with Gasteiger partial charge in [-0.25, -0.2) is 4.79 Å². The first kappa shape index (κ1) is 23.3. The SMILES string of the molecule is CCOC(=O)c1c(-c2ccccc2)csc1NC(=O)CN1CCN(c2cccc(Cl)c2)CC1. The minimum Gasteiger partial charge on any atom is -0.462 e. The fourth-order valence-electron chi connectivity index (χ4n) is 3.89. The van der Waals surface area contributed by atoms with Crippen LogP contribution < -0.4 is 10.2 Å². The number of amides is 1. The maximum atomic E-state index is 12.8.